The highest BCUT2D eigenvalue weighted by atomic mass is 79.9. The largest absolute Gasteiger partial charge is 0.481 e. The van der Waals surface area contributed by atoms with Crippen LogP contribution in [0.4, 0.5) is 0 Å². The zero-order chi connectivity index (χ0) is 16.8. The summed E-state index contributed by atoms with van der Waals surface area (Å²) < 4.78 is 0.999. The number of hydrogen-bond donors (Lipinski definition) is 1. The molecular formula is C19H23BrO3. The van der Waals surface area contributed by atoms with Crippen LogP contribution in [0.15, 0.2) is 34.3 Å². The summed E-state index contributed by atoms with van der Waals surface area (Å²) in [6.07, 6.45) is 6.58. The Morgan fingerprint density at radius 1 is 1.30 bits per heavy atom. The number of carbonyl (C=O) groups is 2. The first kappa shape index (κ1) is 17.9. The molecule has 0 aromatic heterocycles. The third-order valence-electron chi connectivity index (χ3n) is 4.47. The number of hydrogen-bond acceptors (Lipinski definition) is 2. The molecule has 1 aromatic carbocycles. The summed E-state index contributed by atoms with van der Waals surface area (Å²) in [5.41, 5.74) is 1.76. The molecule has 1 aliphatic carbocycles. The van der Waals surface area contributed by atoms with Crippen LogP contribution in [0.25, 0.3) is 6.08 Å². The van der Waals surface area contributed by atoms with E-state index in [1.165, 1.54) is 0 Å². The van der Waals surface area contributed by atoms with Crippen LogP contribution in [0.2, 0.25) is 0 Å². The van der Waals surface area contributed by atoms with Crippen LogP contribution in [-0.2, 0) is 9.59 Å². The summed E-state index contributed by atoms with van der Waals surface area (Å²) in [5, 5.41) is 9.12. The van der Waals surface area contributed by atoms with Crippen molar-refractivity contribution >= 4 is 33.8 Å². The van der Waals surface area contributed by atoms with Crippen LogP contribution in [0.1, 0.15) is 51.0 Å². The molecule has 0 bridgehead atoms. The lowest BCUT2D eigenvalue weighted by atomic mass is 9.88. The second-order valence-electron chi connectivity index (χ2n) is 6.25. The predicted molar refractivity (Wildman–Crippen MR) is 95.1 cm³/mol. The number of halogens is 1. The Hall–Kier alpha value is -1.42. The molecule has 1 saturated carbocycles. The summed E-state index contributed by atoms with van der Waals surface area (Å²) in [7, 11) is 0. The van der Waals surface area contributed by atoms with E-state index in [1.54, 1.807) is 0 Å². The molecule has 23 heavy (non-hydrogen) atoms. The maximum absolute atomic E-state index is 12.7. The number of aliphatic carboxylic acids is 1. The van der Waals surface area contributed by atoms with Gasteiger partial charge in [-0.25, -0.2) is 0 Å². The molecule has 0 unspecified atom stereocenters. The van der Waals surface area contributed by atoms with Gasteiger partial charge in [-0.1, -0.05) is 54.2 Å². The molecule has 1 fully saturated rings. The van der Waals surface area contributed by atoms with Crippen molar-refractivity contribution in [2.24, 2.45) is 11.8 Å². The Balaban J connectivity index is 2.16. The Bertz CT molecular complexity index is 589. The minimum absolute atomic E-state index is 0.0569. The zero-order valence-corrected chi connectivity index (χ0v) is 15.0. The minimum atomic E-state index is -0.812. The monoisotopic (exact) mass is 378 g/mol. The van der Waals surface area contributed by atoms with Crippen molar-refractivity contribution in [2.75, 3.05) is 0 Å². The quantitative estimate of drug-likeness (QED) is 0.530. The van der Waals surface area contributed by atoms with Gasteiger partial charge in [0.2, 0.25) is 0 Å². The van der Waals surface area contributed by atoms with Crippen molar-refractivity contribution in [2.45, 2.75) is 45.4 Å². The lowest BCUT2D eigenvalue weighted by Crippen LogP contribution is -2.18. The van der Waals surface area contributed by atoms with E-state index in [9.17, 15) is 9.59 Å². The first-order valence-electron chi connectivity index (χ1n) is 8.23. The van der Waals surface area contributed by atoms with E-state index >= 15 is 0 Å². The topological polar surface area (TPSA) is 54.4 Å². The number of benzene rings is 1. The van der Waals surface area contributed by atoms with Crippen molar-refractivity contribution in [3.8, 4) is 0 Å². The van der Waals surface area contributed by atoms with E-state index in [2.05, 4.69) is 22.9 Å². The second-order valence-corrected chi connectivity index (χ2v) is 7.17. The number of rotatable bonds is 7. The predicted octanol–water partition coefficient (Wildman–Crippen LogP) is 5.09. The van der Waals surface area contributed by atoms with Gasteiger partial charge >= 0.3 is 5.97 Å². The lowest BCUT2D eigenvalue weighted by molar-refractivity contribution is -0.138. The van der Waals surface area contributed by atoms with Crippen LogP contribution in [-0.4, -0.2) is 16.9 Å². The van der Waals surface area contributed by atoms with Crippen LogP contribution in [0, 0.1) is 11.8 Å². The fourth-order valence-corrected chi connectivity index (χ4v) is 3.55. The van der Waals surface area contributed by atoms with Crippen LogP contribution in [0.5, 0.6) is 0 Å². The normalized spacial score (nSPS) is 22.7. The van der Waals surface area contributed by atoms with Gasteiger partial charge in [-0.2, -0.15) is 0 Å². The molecule has 0 saturated heterocycles. The van der Waals surface area contributed by atoms with E-state index in [4.69, 9.17) is 5.11 Å². The van der Waals surface area contributed by atoms with Crippen molar-refractivity contribution in [3.63, 3.8) is 0 Å². The number of carboxylic acid groups (broad SMARTS) is 1. The summed E-state index contributed by atoms with van der Waals surface area (Å²) >= 11 is 3.40. The van der Waals surface area contributed by atoms with Gasteiger partial charge in [0.15, 0.2) is 5.78 Å². The smallest absolute Gasteiger partial charge is 0.303 e. The molecule has 0 aliphatic heterocycles. The average Bonchev–Trinajstić information content (AvgIpc) is 2.78. The molecule has 124 valence electrons. The van der Waals surface area contributed by atoms with E-state index < -0.39 is 5.97 Å². The van der Waals surface area contributed by atoms with E-state index in [1.807, 2.05) is 30.3 Å². The average molecular weight is 379 g/mol. The molecule has 1 aromatic rings. The third-order valence-corrected chi connectivity index (χ3v) is 5.00. The van der Waals surface area contributed by atoms with Gasteiger partial charge in [-0.3, -0.25) is 9.59 Å². The van der Waals surface area contributed by atoms with Crippen molar-refractivity contribution < 1.29 is 14.7 Å². The summed E-state index contributed by atoms with van der Waals surface area (Å²) in [4.78, 5) is 23.8. The first-order chi connectivity index (χ1) is 11.0. The van der Waals surface area contributed by atoms with Gasteiger partial charge in [0.25, 0.3) is 0 Å². The van der Waals surface area contributed by atoms with Crippen LogP contribution in [0.3, 0.4) is 0 Å². The fraction of sp³-hybridized carbons (Fsp3) is 0.474. The van der Waals surface area contributed by atoms with Crippen molar-refractivity contribution in [1.82, 2.24) is 0 Å². The number of unbranched alkanes of at least 4 members (excludes halogenated alkanes) is 2. The van der Waals surface area contributed by atoms with Crippen LogP contribution >= 0.6 is 15.9 Å². The lowest BCUT2D eigenvalue weighted by Gasteiger charge is -2.15. The Kier molecular flexibility index (Phi) is 6.58. The summed E-state index contributed by atoms with van der Waals surface area (Å²) in [5.74, 6) is -0.846. The molecule has 3 nitrogen and oxygen atoms in total. The molecule has 1 aliphatic rings. The molecule has 0 heterocycles. The molecular weight excluding hydrogens is 356 g/mol. The number of allylic oxidation sites excluding steroid dienone is 1. The van der Waals surface area contributed by atoms with Crippen molar-refractivity contribution in [1.29, 1.82) is 0 Å². The third kappa shape index (κ3) is 5.03. The SMILES string of the molecule is CCCCC[C@@H]1C(=O)/C(=C/c2ccc(Br)cc2)C[C@H]1CC(=O)O. The number of carboxylic acids is 1. The number of ketones is 1. The minimum Gasteiger partial charge on any atom is -0.481 e. The van der Waals surface area contributed by atoms with Gasteiger partial charge < -0.3 is 5.11 Å². The van der Waals surface area contributed by atoms with Gasteiger partial charge in [0.1, 0.15) is 0 Å². The zero-order valence-electron chi connectivity index (χ0n) is 13.4. The molecule has 0 radical (unpaired) electrons. The highest BCUT2D eigenvalue weighted by Gasteiger charge is 2.38. The fourth-order valence-electron chi connectivity index (χ4n) is 3.29. The van der Waals surface area contributed by atoms with E-state index in [0.29, 0.717) is 6.42 Å². The molecule has 0 spiro atoms. The first-order valence-corrected chi connectivity index (χ1v) is 9.02. The van der Waals surface area contributed by atoms with Crippen LogP contribution < -0.4 is 0 Å². The maximum Gasteiger partial charge on any atom is 0.303 e. The van der Waals surface area contributed by atoms with Crippen molar-refractivity contribution in [3.05, 3.63) is 39.9 Å². The molecule has 0 amide bonds. The Morgan fingerprint density at radius 3 is 2.61 bits per heavy atom. The number of Topliss-reactive ketones (excluding diaryl/α,β-unsaturated/α-hetero) is 1. The van der Waals surface area contributed by atoms with E-state index in [-0.39, 0.29) is 24.0 Å². The van der Waals surface area contributed by atoms with E-state index in [0.717, 1.165) is 41.3 Å². The molecule has 2 rings (SSSR count). The van der Waals surface area contributed by atoms with Gasteiger partial charge in [0.05, 0.1) is 0 Å². The summed E-state index contributed by atoms with van der Waals surface area (Å²) in [6, 6.07) is 7.81. The molecule has 2 atom stereocenters. The standard InChI is InChI=1S/C19H23BrO3/c1-2-3-4-5-17-14(12-18(21)22)11-15(19(17)23)10-13-6-8-16(20)9-7-13/h6-10,14,17H,2-5,11-12H2,1H3,(H,21,22)/b15-10+/t14-,17-/m0/s1. The highest BCUT2D eigenvalue weighted by molar-refractivity contribution is 9.10. The molecule has 1 N–H and O–H groups in total. The Labute approximate surface area is 145 Å². The molecule has 4 heteroatoms. The van der Waals surface area contributed by atoms with Gasteiger partial charge in [-0.15, -0.1) is 0 Å². The number of carbonyl (C=O) groups excluding carboxylic acids is 1. The summed E-state index contributed by atoms with van der Waals surface area (Å²) in [6.45, 7) is 2.13. The second kappa shape index (κ2) is 8.44. The van der Waals surface area contributed by atoms with Gasteiger partial charge in [-0.05, 0) is 48.1 Å². The maximum atomic E-state index is 12.7. The highest BCUT2D eigenvalue weighted by Crippen LogP contribution is 2.39. The Morgan fingerprint density at radius 2 is 2.00 bits per heavy atom. The van der Waals surface area contributed by atoms with Gasteiger partial charge in [0, 0.05) is 16.8 Å².